The van der Waals surface area contributed by atoms with Gasteiger partial charge in [-0.25, -0.2) is 0 Å². The third-order valence-corrected chi connectivity index (χ3v) is 3.34. The molecule has 0 bridgehead atoms. The molecule has 0 unspecified atom stereocenters. The van der Waals surface area contributed by atoms with E-state index >= 15 is 0 Å². The van der Waals surface area contributed by atoms with Crippen molar-refractivity contribution in [3.8, 4) is 0 Å². The topological polar surface area (TPSA) is 6.25 Å². The standard InChI is InChI=1S/C16H17N2/c1-13-8-9-14-11-18(12-17(2)16(14)10-13)15-6-4-3-5-7-15/h3-11H,12H2,1-2H3/q+1. The Morgan fingerprint density at radius 3 is 2.61 bits per heavy atom. The van der Waals surface area contributed by atoms with Gasteiger partial charge in [0.25, 0.3) is 0 Å². The maximum atomic E-state index is 2.29. The first-order valence-corrected chi connectivity index (χ1v) is 6.22. The van der Waals surface area contributed by atoms with Crippen molar-refractivity contribution in [3.63, 3.8) is 0 Å². The van der Waals surface area contributed by atoms with Crippen LogP contribution in [0.3, 0.4) is 0 Å². The highest BCUT2D eigenvalue weighted by molar-refractivity contribution is 5.87. The summed E-state index contributed by atoms with van der Waals surface area (Å²) in [7, 11) is 2.14. The minimum atomic E-state index is 0.889. The normalized spacial score (nSPS) is 14.1. The number of benzene rings is 2. The van der Waals surface area contributed by atoms with E-state index in [0.29, 0.717) is 0 Å². The van der Waals surface area contributed by atoms with E-state index < -0.39 is 0 Å². The SMILES string of the molecule is Cc1ccc2c(c1)N(C)C[N+](c1ccccc1)=C2. The zero-order chi connectivity index (χ0) is 12.5. The highest BCUT2D eigenvalue weighted by Crippen LogP contribution is 2.25. The maximum Gasteiger partial charge on any atom is 0.224 e. The van der Waals surface area contributed by atoms with Gasteiger partial charge in [0.05, 0.1) is 11.3 Å². The molecule has 2 nitrogen and oxygen atoms in total. The van der Waals surface area contributed by atoms with Crippen molar-refractivity contribution in [3.05, 3.63) is 59.7 Å². The Morgan fingerprint density at radius 2 is 1.83 bits per heavy atom. The van der Waals surface area contributed by atoms with Crippen molar-refractivity contribution in [2.75, 3.05) is 18.6 Å². The van der Waals surface area contributed by atoms with Crippen molar-refractivity contribution >= 4 is 17.6 Å². The molecule has 0 radical (unpaired) electrons. The first-order chi connectivity index (χ1) is 8.74. The van der Waals surface area contributed by atoms with Crippen LogP contribution in [0.4, 0.5) is 11.4 Å². The average molecular weight is 237 g/mol. The van der Waals surface area contributed by atoms with Crippen LogP contribution in [0.1, 0.15) is 11.1 Å². The largest absolute Gasteiger partial charge is 0.319 e. The molecule has 2 aromatic carbocycles. The number of aryl methyl sites for hydroxylation is 1. The Hall–Kier alpha value is -2.09. The molecule has 0 N–H and O–H groups in total. The van der Waals surface area contributed by atoms with Gasteiger partial charge < -0.3 is 4.90 Å². The van der Waals surface area contributed by atoms with Crippen molar-refractivity contribution in [1.29, 1.82) is 0 Å². The van der Waals surface area contributed by atoms with Crippen molar-refractivity contribution < 1.29 is 4.58 Å². The smallest absolute Gasteiger partial charge is 0.224 e. The van der Waals surface area contributed by atoms with Gasteiger partial charge >= 0.3 is 0 Å². The first kappa shape index (κ1) is 11.0. The highest BCUT2D eigenvalue weighted by atomic mass is 15.3. The van der Waals surface area contributed by atoms with Crippen LogP contribution < -0.4 is 4.90 Å². The molecule has 1 aliphatic heterocycles. The molecular formula is C16H17N2+. The van der Waals surface area contributed by atoms with E-state index in [9.17, 15) is 0 Å². The lowest BCUT2D eigenvalue weighted by Crippen LogP contribution is -2.32. The molecule has 1 heterocycles. The molecule has 90 valence electrons. The van der Waals surface area contributed by atoms with E-state index in [1.807, 2.05) is 0 Å². The maximum absolute atomic E-state index is 2.29. The molecule has 0 atom stereocenters. The van der Waals surface area contributed by atoms with Crippen LogP contribution in [0.25, 0.3) is 0 Å². The summed E-state index contributed by atoms with van der Waals surface area (Å²) < 4.78 is 2.28. The van der Waals surface area contributed by atoms with E-state index in [1.165, 1.54) is 22.5 Å². The van der Waals surface area contributed by atoms with Gasteiger partial charge in [-0.1, -0.05) is 24.3 Å². The van der Waals surface area contributed by atoms with Crippen molar-refractivity contribution in [1.82, 2.24) is 0 Å². The molecule has 0 aromatic heterocycles. The van der Waals surface area contributed by atoms with Crippen LogP contribution in [-0.2, 0) is 0 Å². The van der Waals surface area contributed by atoms with Gasteiger partial charge in [0.1, 0.15) is 0 Å². The minimum absolute atomic E-state index is 0.889. The molecule has 0 fully saturated rings. The van der Waals surface area contributed by atoms with Crippen LogP contribution in [0.2, 0.25) is 0 Å². The van der Waals surface area contributed by atoms with Gasteiger partial charge in [0, 0.05) is 19.2 Å². The third-order valence-electron chi connectivity index (χ3n) is 3.34. The zero-order valence-corrected chi connectivity index (χ0v) is 10.8. The molecule has 1 aliphatic rings. The van der Waals surface area contributed by atoms with E-state index in [0.717, 1.165) is 6.67 Å². The molecule has 0 saturated heterocycles. The fraction of sp³-hybridized carbons (Fsp3) is 0.188. The molecule has 18 heavy (non-hydrogen) atoms. The summed E-state index contributed by atoms with van der Waals surface area (Å²) in [6, 6.07) is 17.1. The number of fused-ring (bicyclic) bond motifs is 1. The molecule has 0 amide bonds. The first-order valence-electron chi connectivity index (χ1n) is 6.22. The van der Waals surface area contributed by atoms with Crippen LogP contribution in [0, 0.1) is 6.92 Å². The van der Waals surface area contributed by atoms with Crippen molar-refractivity contribution in [2.45, 2.75) is 6.92 Å². The fourth-order valence-electron chi connectivity index (χ4n) is 2.38. The monoisotopic (exact) mass is 237 g/mol. The fourth-order valence-corrected chi connectivity index (χ4v) is 2.38. The summed E-state index contributed by atoms with van der Waals surface area (Å²) >= 11 is 0. The van der Waals surface area contributed by atoms with Gasteiger partial charge in [-0.15, -0.1) is 0 Å². The Kier molecular flexibility index (Phi) is 2.63. The number of nitrogens with zero attached hydrogens (tertiary/aromatic N) is 2. The summed E-state index contributed by atoms with van der Waals surface area (Å²) in [6.45, 7) is 3.03. The molecule has 2 heteroatoms. The zero-order valence-electron chi connectivity index (χ0n) is 10.8. The summed E-state index contributed by atoms with van der Waals surface area (Å²) in [4.78, 5) is 2.29. The lowest BCUT2D eigenvalue weighted by atomic mass is 10.1. The molecule has 3 rings (SSSR count). The molecule has 2 aromatic rings. The second-order valence-electron chi connectivity index (χ2n) is 4.84. The molecule has 0 saturated carbocycles. The van der Waals surface area contributed by atoms with E-state index in [4.69, 9.17) is 0 Å². The molecule has 0 aliphatic carbocycles. The molecular weight excluding hydrogens is 220 g/mol. The summed E-state index contributed by atoms with van der Waals surface area (Å²) in [5.41, 5.74) is 5.12. The lowest BCUT2D eigenvalue weighted by molar-refractivity contribution is -0.435. The van der Waals surface area contributed by atoms with Gasteiger partial charge in [0.15, 0.2) is 6.21 Å². The second kappa shape index (κ2) is 4.30. The minimum Gasteiger partial charge on any atom is -0.319 e. The Bertz CT molecular complexity index is 600. The summed E-state index contributed by atoms with van der Waals surface area (Å²) in [5.74, 6) is 0. The number of rotatable bonds is 1. The van der Waals surface area contributed by atoms with Gasteiger partial charge in [-0.05, 0) is 24.6 Å². The van der Waals surface area contributed by atoms with E-state index in [1.54, 1.807) is 0 Å². The summed E-state index contributed by atoms with van der Waals surface area (Å²) in [6.07, 6.45) is 2.23. The Balaban J connectivity index is 2.08. The second-order valence-corrected chi connectivity index (χ2v) is 4.84. The lowest BCUT2D eigenvalue weighted by Gasteiger charge is -2.23. The van der Waals surface area contributed by atoms with Crippen molar-refractivity contribution in [2.24, 2.45) is 0 Å². The van der Waals surface area contributed by atoms with E-state index in [-0.39, 0.29) is 0 Å². The predicted octanol–water partition coefficient (Wildman–Crippen LogP) is 3.17. The highest BCUT2D eigenvalue weighted by Gasteiger charge is 2.21. The van der Waals surface area contributed by atoms with Crippen LogP contribution >= 0.6 is 0 Å². The van der Waals surface area contributed by atoms with E-state index in [2.05, 4.69) is 78.2 Å². The van der Waals surface area contributed by atoms with Gasteiger partial charge in [-0.2, -0.15) is 4.58 Å². The van der Waals surface area contributed by atoms with Crippen LogP contribution in [0.5, 0.6) is 0 Å². The van der Waals surface area contributed by atoms with Gasteiger partial charge in [0.2, 0.25) is 12.4 Å². The average Bonchev–Trinajstić information content (AvgIpc) is 2.40. The van der Waals surface area contributed by atoms with Crippen LogP contribution in [0.15, 0.2) is 48.5 Å². The quantitative estimate of drug-likeness (QED) is 0.690. The number of para-hydroxylation sites is 1. The summed E-state index contributed by atoms with van der Waals surface area (Å²) in [5, 5.41) is 0. The predicted molar refractivity (Wildman–Crippen MR) is 76.0 cm³/mol. The number of hydrogen-bond acceptors (Lipinski definition) is 1. The van der Waals surface area contributed by atoms with Crippen LogP contribution in [-0.4, -0.2) is 24.5 Å². The number of anilines is 1. The molecule has 0 spiro atoms. The number of hydrogen-bond donors (Lipinski definition) is 0. The third kappa shape index (κ3) is 1.90. The Morgan fingerprint density at radius 1 is 1.06 bits per heavy atom. The Labute approximate surface area is 108 Å². The van der Waals surface area contributed by atoms with Gasteiger partial charge in [-0.3, -0.25) is 0 Å².